The van der Waals surface area contributed by atoms with E-state index in [9.17, 15) is 4.79 Å². The fourth-order valence-electron chi connectivity index (χ4n) is 0.526. The number of rotatable bonds is 1. The van der Waals surface area contributed by atoms with E-state index in [1.807, 2.05) is 0 Å². The van der Waals surface area contributed by atoms with Gasteiger partial charge in [-0.15, -0.1) is 0 Å². The Bertz CT molecular complexity index is 259. The van der Waals surface area contributed by atoms with Crippen molar-refractivity contribution >= 4 is 6.29 Å². The molecule has 0 radical (unpaired) electrons. The van der Waals surface area contributed by atoms with Crippen molar-refractivity contribution in [3.63, 3.8) is 0 Å². The summed E-state index contributed by atoms with van der Waals surface area (Å²) in [7, 11) is 0. The van der Waals surface area contributed by atoms with E-state index in [1.54, 1.807) is 0 Å². The van der Waals surface area contributed by atoms with Gasteiger partial charge in [-0.05, 0) is 6.07 Å². The van der Waals surface area contributed by atoms with Gasteiger partial charge in [-0.3, -0.25) is 4.79 Å². The van der Waals surface area contributed by atoms with Crippen molar-refractivity contribution in [2.45, 2.75) is 0 Å². The number of carbonyl (C=O) groups excluding carboxylic acids is 1. The van der Waals surface area contributed by atoms with Crippen LogP contribution >= 0.6 is 0 Å². The van der Waals surface area contributed by atoms with Crippen molar-refractivity contribution in [3.8, 4) is 11.6 Å². The molecule has 0 aliphatic heterocycles. The molecule has 1 heterocycles. The Morgan fingerprint density at radius 1 is 1.50 bits per heavy atom. The number of aromatic nitrogens is 1. The molecule has 0 saturated carbocycles. The fraction of sp³-hybridized carbons (Fsp3) is 0. The summed E-state index contributed by atoms with van der Waals surface area (Å²) in [5, 5.41) is 17.4. The number of hydrogen-bond acceptors (Lipinski definition) is 4. The van der Waals surface area contributed by atoms with Gasteiger partial charge in [-0.25, -0.2) is 4.98 Å². The number of hydrogen-bond donors (Lipinski definition) is 2. The molecular formula is C6H5NO3. The summed E-state index contributed by atoms with van der Waals surface area (Å²) in [6.45, 7) is 0. The van der Waals surface area contributed by atoms with Crippen LogP contribution in [0.2, 0.25) is 0 Å². The summed E-state index contributed by atoms with van der Waals surface area (Å²) in [5.41, 5.74) is 0.232. The highest BCUT2D eigenvalue weighted by Gasteiger charge is 1.99. The van der Waals surface area contributed by atoms with Gasteiger partial charge in [0.1, 0.15) is 0 Å². The van der Waals surface area contributed by atoms with Gasteiger partial charge in [-0.2, -0.15) is 0 Å². The fourth-order valence-corrected chi connectivity index (χ4v) is 0.526. The highest BCUT2D eigenvalue weighted by Crippen LogP contribution is 2.20. The Hall–Kier alpha value is -1.58. The topological polar surface area (TPSA) is 70.4 Å². The third-order valence-electron chi connectivity index (χ3n) is 1.00. The Morgan fingerprint density at radius 2 is 2.20 bits per heavy atom. The molecule has 10 heavy (non-hydrogen) atoms. The molecule has 0 aliphatic carbocycles. The molecule has 2 N–H and O–H groups in total. The molecule has 0 amide bonds. The van der Waals surface area contributed by atoms with Gasteiger partial charge < -0.3 is 10.2 Å². The molecule has 4 nitrogen and oxygen atoms in total. The third kappa shape index (κ3) is 1.05. The van der Waals surface area contributed by atoms with Gasteiger partial charge in [0.2, 0.25) is 0 Å². The van der Waals surface area contributed by atoms with Gasteiger partial charge in [0.05, 0.1) is 0 Å². The standard InChI is InChI=1S/C6H5NO3/c8-3-4-1-5(9)6(10)7-2-4/h1-3,9H,(H,7,10). The lowest BCUT2D eigenvalue weighted by atomic mass is 10.3. The minimum absolute atomic E-state index is 0.232. The van der Waals surface area contributed by atoms with Crippen LogP contribution in [0, 0.1) is 0 Å². The first-order chi connectivity index (χ1) is 4.74. The second-order valence-electron chi connectivity index (χ2n) is 1.73. The van der Waals surface area contributed by atoms with Crippen molar-refractivity contribution in [1.82, 2.24) is 4.98 Å². The zero-order valence-corrected chi connectivity index (χ0v) is 4.98. The normalized spacial score (nSPS) is 9.20. The molecule has 0 aliphatic rings. The highest BCUT2D eigenvalue weighted by molar-refractivity contribution is 5.75. The predicted molar refractivity (Wildman–Crippen MR) is 33.0 cm³/mol. The molecular weight excluding hydrogens is 134 g/mol. The van der Waals surface area contributed by atoms with Crippen LogP contribution in [-0.4, -0.2) is 21.5 Å². The molecule has 0 saturated heterocycles. The average Bonchev–Trinajstić information content (AvgIpc) is 1.95. The van der Waals surface area contributed by atoms with Crippen molar-refractivity contribution < 1.29 is 15.0 Å². The molecule has 1 aromatic rings. The monoisotopic (exact) mass is 139 g/mol. The first kappa shape index (κ1) is 6.54. The van der Waals surface area contributed by atoms with Crippen LogP contribution in [0.4, 0.5) is 0 Å². The average molecular weight is 139 g/mol. The number of nitrogens with zero attached hydrogens (tertiary/aromatic N) is 1. The summed E-state index contributed by atoms with van der Waals surface area (Å²) in [4.78, 5) is 13.4. The van der Waals surface area contributed by atoms with Gasteiger partial charge in [0.25, 0.3) is 5.88 Å². The zero-order chi connectivity index (χ0) is 7.56. The van der Waals surface area contributed by atoms with Crippen LogP contribution in [0.25, 0.3) is 0 Å². The van der Waals surface area contributed by atoms with Crippen molar-refractivity contribution in [2.24, 2.45) is 0 Å². The predicted octanol–water partition coefficient (Wildman–Crippen LogP) is 0.305. The summed E-state index contributed by atoms with van der Waals surface area (Å²) < 4.78 is 0. The number of pyridine rings is 1. The molecule has 1 rings (SSSR count). The molecule has 0 bridgehead atoms. The van der Waals surface area contributed by atoms with E-state index in [2.05, 4.69) is 4.98 Å². The summed E-state index contributed by atoms with van der Waals surface area (Å²) in [6.07, 6.45) is 1.70. The largest absolute Gasteiger partial charge is 0.503 e. The maximum atomic E-state index is 10.0. The van der Waals surface area contributed by atoms with Gasteiger partial charge in [0, 0.05) is 11.8 Å². The minimum Gasteiger partial charge on any atom is -0.503 e. The van der Waals surface area contributed by atoms with E-state index in [0.29, 0.717) is 6.29 Å². The molecule has 52 valence electrons. The van der Waals surface area contributed by atoms with E-state index >= 15 is 0 Å². The minimum atomic E-state index is -0.467. The van der Waals surface area contributed by atoms with E-state index in [0.717, 1.165) is 6.07 Å². The Labute approximate surface area is 56.8 Å². The van der Waals surface area contributed by atoms with Crippen LogP contribution in [0.5, 0.6) is 11.6 Å². The van der Waals surface area contributed by atoms with Gasteiger partial charge >= 0.3 is 0 Å². The molecule has 0 atom stereocenters. The maximum Gasteiger partial charge on any atom is 0.254 e. The number of aromatic hydroxyl groups is 2. The van der Waals surface area contributed by atoms with Crippen molar-refractivity contribution in [2.75, 3.05) is 0 Å². The van der Waals surface area contributed by atoms with Crippen LogP contribution in [0.15, 0.2) is 12.3 Å². The molecule has 0 spiro atoms. The van der Waals surface area contributed by atoms with Crippen molar-refractivity contribution in [3.05, 3.63) is 17.8 Å². The summed E-state index contributed by atoms with van der Waals surface area (Å²) in [5.74, 6) is -0.852. The smallest absolute Gasteiger partial charge is 0.254 e. The second-order valence-corrected chi connectivity index (χ2v) is 1.73. The third-order valence-corrected chi connectivity index (χ3v) is 1.00. The van der Waals surface area contributed by atoms with Crippen LogP contribution in [-0.2, 0) is 0 Å². The molecule has 0 unspecified atom stereocenters. The van der Waals surface area contributed by atoms with Crippen LogP contribution < -0.4 is 0 Å². The lowest BCUT2D eigenvalue weighted by Crippen LogP contribution is -1.81. The zero-order valence-electron chi connectivity index (χ0n) is 4.98. The summed E-state index contributed by atoms with van der Waals surface area (Å²) in [6, 6.07) is 1.13. The molecule has 1 aromatic heterocycles. The van der Waals surface area contributed by atoms with E-state index < -0.39 is 5.88 Å². The Balaban J connectivity index is 3.16. The number of carbonyl (C=O) groups is 1. The lowest BCUT2D eigenvalue weighted by molar-refractivity contribution is 0.112. The quantitative estimate of drug-likeness (QED) is 0.549. The van der Waals surface area contributed by atoms with Crippen molar-refractivity contribution in [1.29, 1.82) is 0 Å². The van der Waals surface area contributed by atoms with E-state index in [-0.39, 0.29) is 11.3 Å². The first-order valence-corrected chi connectivity index (χ1v) is 2.57. The Kier molecular flexibility index (Phi) is 1.53. The van der Waals surface area contributed by atoms with Gasteiger partial charge in [-0.1, -0.05) is 0 Å². The highest BCUT2D eigenvalue weighted by atomic mass is 16.3. The first-order valence-electron chi connectivity index (χ1n) is 2.57. The van der Waals surface area contributed by atoms with E-state index in [4.69, 9.17) is 10.2 Å². The summed E-state index contributed by atoms with van der Waals surface area (Å²) >= 11 is 0. The molecule has 4 heteroatoms. The van der Waals surface area contributed by atoms with E-state index in [1.165, 1.54) is 6.20 Å². The molecule has 0 aromatic carbocycles. The second kappa shape index (κ2) is 2.34. The lowest BCUT2D eigenvalue weighted by Gasteiger charge is -1.94. The van der Waals surface area contributed by atoms with Crippen LogP contribution in [0.1, 0.15) is 10.4 Å². The SMILES string of the molecule is O=Cc1cnc(O)c(O)c1. The Morgan fingerprint density at radius 3 is 2.70 bits per heavy atom. The number of aldehydes is 1. The maximum absolute atomic E-state index is 10.0. The van der Waals surface area contributed by atoms with Gasteiger partial charge in [0.15, 0.2) is 12.0 Å². The molecule has 0 fully saturated rings. The van der Waals surface area contributed by atoms with Crippen LogP contribution in [0.3, 0.4) is 0 Å².